The summed E-state index contributed by atoms with van der Waals surface area (Å²) in [5.74, 6) is -0.903. The van der Waals surface area contributed by atoms with Crippen LogP contribution in [0.5, 0.6) is 0 Å². The summed E-state index contributed by atoms with van der Waals surface area (Å²) in [5, 5.41) is 13.9. The summed E-state index contributed by atoms with van der Waals surface area (Å²) in [6, 6.07) is -0.766. The Balaban J connectivity index is 3.84. The van der Waals surface area contributed by atoms with E-state index in [9.17, 15) is 14.4 Å². The number of hydrogen-bond acceptors (Lipinski definition) is 5. The van der Waals surface area contributed by atoms with Crippen LogP contribution in [0.25, 0.3) is 0 Å². The lowest BCUT2D eigenvalue weighted by atomic mass is 10.1. The maximum Gasteiger partial charge on any atom is 0.409 e. The highest BCUT2D eigenvalue weighted by atomic mass is 16.6. The van der Waals surface area contributed by atoms with E-state index in [1.807, 2.05) is 0 Å². The van der Waals surface area contributed by atoms with Gasteiger partial charge >= 0.3 is 12.1 Å². The van der Waals surface area contributed by atoms with E-state index in [1.54, 1.807) is 7.05 Å². The van der Waals surface area contributed by atoms with Crippen molar-refractivity contribution >= 4 is 18.0 Å². The van der Waals surface area contributed by atoms with Crippen molar-refractivity contribution in [3.05, 3.63) is 0 Å². The fraction of sp³-hybridized carbons (Fsp3) is 0.800. The minimum absolute atomic E-state index is 0.203. The molecule has 134 valence electrons. The van der Waals surface area contributed by atoms with Crippen LogP contribution in [-0.2, 0) is 14.3 Å². The number of nitrogens with one attached hydrogen (secondary N) is 2. The van der Waals surface area contributed by atoms with E-state index in [-0.39, 0.29) is 25.0 Å². The standard InChI is InChI=1S/C15H29N3O5/c1-11(2)6-8-18(4)15(22)23-9-5-7-17-14(21)12(16-3)10-13(19)20/h11-12,16H,5-10H2,1-4H3,(H,17,21)(H,19,20). The molecule has 0 aliphatic carbocycles. The molecular weight excluding hydrogens is 302 g/mol. The van der Waals surface area contributed by atoms with Crippen molar-refractivity contribution < 1.29 is 24.2 Å². The molecule has 0 spiro atoms. The number of carboxylic acid groups (broad SMARTS) is 1. The Labute approximate surface area is 137 Å². The number of carbonyl (C=O) groups excluding carboxylic acids is 2. The Hall–Kier alpha value is -1.83. The van der Waals surface area contributed by atoms with Gasteiger partial charge in [0.25, 0.3) is 0 Å². The Bertz CT molecular complexity index is 387. The largest absolute Gasteiger partial charge is 0.481 e. The molecule has 1 atom stereocenters. The Morgan fingerprint density at radius 3 is 2.43 bits per heavy atom. The molecule has 0 aromatic rings. The van der Waals surface area contributed by atoms with Crippen LogP contribution in [-0.4, -0.2) is 67.8 Å². The second-order valence-corrected chi connectivity index (χ2v) is 5.80. The Kier molecular flexibility index (Phi) is 10.8. The molecule has 8 nitrogen and oxygen atoms in total. The van der Waals surface area contributed by atoms with Crippen molar-refractivity contribution in [1.29, 1.82) is 0 Å². The summed E-state index contributed by atoms with van der Waals surface area (Å²) in [7, 11) is 3.22. The first kappa shape index (κ1) is 21.2. The molecule has 0 heterocycles. The van der Waals surface area contributed by atoms with E-state index < -0.39 is 12.0 Å². The number of amides is 2. The molecule has 0 bridgehead atoms. The average Bonchev–Trinajstić information content (AvgIpc) is 2.48. The maximum atomic E-state index is 11.7. The number of likely N-dealkylation sites (N-methyl/N-ethyl adjacent to an activating group) is 1. The predicted octanol–water partition coefficient (Wildman–Crippen LogP) is 0.670. The summed E-state index contributed by atoms with van der Waals surface area (Å²) in [6.45, 7) is 5.34. The first-order valence-electron chi connectivity index (χ1n) is 7.82. The van der Waals surface area contributed by atoms with Gasteiger partial charge in [0, 0.05) is 20.1 Å². The zero-order chi connectivity index (χ0) is 17.8. The molecule has 0 aliphatic heterocycles. The number of hydrogen-bond donors (Lipinski definition) is 3. The van der Waals surface area contributed by atoms with Crippen LogP contribution in [0.4, 0.5) is 4.79 Å². The fourth-order valence-corrected chi connectivity index (χ4v) is 1.72. The third-order valence-electron chi connectivity index (χ3n) is 3.24. The summed E-state index contributed by atoms with van der Waals surface area (Å²) < 4.78 is 5.10. The van der Waals surface area contributed by atoms with Crippen LogP contribution in [0.15, 0.2) is 0 Å². The van der Waals surface area contributed by atoms with Gasteiger partial charge in [-0.1, -0.05) is 13.8 Å². The summed E-state index contributed by atoms with van der Waals surface area (Å²) in [6.07, 6.45) is 0.726. The molecule has 8 heteroatoms. The fourth-order valence-electron chi connectivity index (χ4n) is 1.72. The van der Waals surface area contributed by atoms with Crippen LogP contribution in [0, 0.1) is 5.92 Å². The number of carbonyl (C=O) groups is 3. The van der Waals surface area contributed by atoms with Crippen molar-refractivity contribution in [2.24, 2.45) is 5.92 Å². The quantitative estimate of drug-likeness (QED) is 0.480. The summed E-state index contributed by atoms with van der Waals surface area (Å²) >= 11 is 0. The molecule has 0 saturated heterocycles. The third-order valence-corrected chi connectivity index (χ3v) is 3.24. The monoisotopic (exact) mass is 331 g/mol. The molecular formula is C15H29N3O5. The van der Waals surface area contributed by atoms with Gasteiger partial charge in [0.05, 0.1) is 19.1 Å². The maximum absolute atomic E-state index is 11.7. The van der Waals surface area contributed by atoms with Gasteiger partial charge in [-0.15, -0.1) is 0 Å². The molecule has 3 N–H and O–H groups in total. The van der Waals surface area contributed by atoms with Gasteiger partial charge in [-0.3, -0.25) is 9.59 Å². The van der Waals surface area contributed by atoms with E-state index in [0.717, 1.165) is 6.42 Å². The second-order valence-electron chi connectivity index (χ2n) is 5.80. The van der Waals surface area contributed by atoms with Crippen molar-refractivity contribution in [3.8, 4) is 0 Å². The topological polar surface area (TPSA) is 108 Å². The second kappa shape index (κ2) is 11.7. The van der Waals surface area contributed by atoms with Gasteiger partial charge < -0.3 is 25.4 Å². The first-order chi connectivity index (χ1) is 10.8. The van der Waals surface area contributed by atoms with E-state index in [1.165, 1.54) is 11.9 Å². The average molecular weight is 331 g/mol. The van der Waals surface area contributed by atoms with Crippen molar-refractivity contribution in [2.45, 2.75) is 39.2 Å². The van der Waals surface area contributed by atoms with Gasteiger partial charge in [-0.05, 0) is 25.8 Å². The van der Waals surface area contributed by atoms with Crippen LogP contribution >= 0.6 is 0 Å². The lowest BCUT2D eigenvalue weighted by molar-refractivity contribution is -0.139. The van der Waals surface area contributed by atoms with Crippen LogP contribution < -0.4 is 10.6 Å². The van der Waals surface area contributed by atoms with Gasteiger partial charge in [0.1, 0.15) is 0 Å². The SMILES string of the molecule is CNC(CC(=O)O)C(=O)NCCCOC(=O)N(C)CCC(C)C. The van der Waals surface area contributed by atoms with Gasteiger partial charge in [0.15, 0.2) is 0 Å². The Morgan fingerprint density at radius 1 is 1.26 bits per heavy atom. The molecule has 0 radical (unpaired) electrons. The van der Waals surface area contributed by atoms with E-state index in [4.69, 9.17) is 9.84 Å². The Morgan fingerprint density at radius 2 is 1.91 bits per heavy atom. The molecule has 0 fully saturated rings. The molecule has 0 rings (SSSR count). The van der Waals surface area contributed by atoms with E-state index in [0.29, 0.717) is 25.4 Å². The van der Waals surface area contributed by atoms with E-state index >= 15 is 0 Å². The van der Waals surface area contributed by atoms with E-state index in [2.05, 4.69) is 24.5 Å². The molecule has 0 aliphatic rings. The lowest BCUT2D eigenvalue weighted by Gasteiger charge is -2.18. The first-order valence-corrected chi connectivity index (χ1v) is 7.82. The zero-order valence-electron chi connectivity index (χ0n) is 14.4. The number of carboxylic acids is 1. The number of rotatable bonds is 11. The number of aliphatic carboxylic acids is 1. The molecule has 2 amide bonds. The number of ether oxygens (including phenoxy) is 1. The highest BCUT2D eigenvalue weighted by Crippen LogP contribution is 2.02. The smallest absolute Gasteiger partial charge is 0.409 e. The van der Waals surface area contributed by atoms with Crippen molar-refractivity contribution in [3.63, 3.8) is 0 Å². The molecule has 1 unspecified atom stereocenters. The molecule has 0 aromatic carbocycles. The minimum atomic E-state index is -1.04. The van der Waals surface area contributed by atoms with Crippen LogP contribution in [0.3, 0.4) is 0 Å². The van der Waals surface area contributed by atoms with Crippen LogP contribution in [0.1, 0.15) is 33.1 Å². The van der Waals surface area contributed by atoms with Gasteiger partial charge in [0.2, 0.25) is 5.91 Å². The van der Waals surface area contributed by atoms with Gasteiger partial charge in [-0.2, -0.15) is 0 Å². The summed E-state index contributed by atoms with van der Waals surface area (Å²) in [5.41, 5.74) is 0. The van der Waals surface area contributed by atoms with Crippen molar-refractivity contribution in [1.82, 2.24) is 15.5 Å². The highest BCUT2D eigenvalue weighted by molar-refractivity contribution is 5.86. The lowest BCUT2D eigenvalue weighted by Crippen LogP contribution is -2.44. The minimum Gasteiger partial charge on any atom is -0.481 e. The zero-order valence-corrected chi connectivity index (χ0v) is 14.4. The third kappa shape index (κ3) is 10.5. The normalized spacial score (nSPS) is 11.9. The molecule has 0 aromatic heterocycles. The highest BCUT2D eigenvalue weighted by Gasteiger charge is 2.19. The predicted molar refractivity (Wildman–Crippen MR) is 86.2 cm³/mol. The number of nitrogens with zero attached hydrogens (tertiary/aromatic N) is 1. The molecule has 0 saturated carbocycles. The van der Waals surface area contributed by atoms with Gasteiger partial charge in [-0.25, -0.2) is 4.79 Å². The summed E-state index contributed by atoms with van der Waals surface area (Å²) in [4.78, 5) is 35.5. The van der Waals surface area contributed by atoms with Crippen molar-refractivity contribution in [2.75, 3.05) is 33.8 Å². The van der Waals surface area contributed by atoms with Crippen LogP contribution in [0.2, 0.25) is 0 Å². The molecule has 23 heavy (non-hydrogen) atoms.